The van der Waals surface area contributed by atoms with Crippen molar-refractivity contribution >= 4 is 32.8 Å². The van der Waals surface area contributed by atoms with Crippen LogP contribution < -0.4 is 0 Å². The predicted molar refractivity (Wildman–Crippen MR) is 194 cm³/mol. The first-order chi connectivity index (χ1) is 22.5. The molecule has 0 bridgehead atoms. The molecule has 0 aliphatic heterocycles. The van der Waals surface area contributed by atoms with E-state index in [-0.39, 0.29) is 0 Å². The highest BCUT2D eigenvalue weighted by atomic mass is 15.1. The van der Waals surface area contributed by atoms with E-state index in [9.17, 15) is 0 Å². The van der Waals surface area contributed by atoms with E-state index in [1.165, 1.54) is 49.7 Å². The van der Waals surface area contributed by atoms with E-state index in [0.29, 0.717) is 11.8 Å². The molecule has 3 heteroatoms. The third-order valence-electron chi connectivity index (χ3n) is 9.25. The van der Waals surface area contributed by atoms with E-state index in [0.717, 1.165) is 28.1 Å². The van der Waals surface area contributed by atoms with Crippen molar-refractivity contribution in [3.63, 3.8) is 0 Å². The predicted octanol–water partition coefficient (Wildman–Crippen LogP) is 11.7. The van der Waals surface area contributed by atoms with E-state index in [1.807, 2.05) is 0 Å². The van der Waals surface area contributed by atoms with Gasteiger partial charge in [-0.1, -0.05) is 107 Å². The largest absolute Gasteiger partial charge is 0.309 e. The minimum Gasteiger partial charge on any atom is -0.309 e. The first-order valence-corrected chi connectivity index (χ1v) is 16.3. The number of hydrogen-bond acceptors (Lipinski definition) is 1. The van der Waals surface area contributed by atoms with Crippen LogP contribution in [0.5, 0.6) is 0 Å². The van der Waals surface area contributed by atoms with Crippen LogP contribution in [-0.2, 0) is 0 Å². The van der Waals surface area contributed by atoms with Crippen LogP contribution in [0.4, 0.5) is 0 Å². The molecular formula is C43H37N3. The average molecular weight is 596 g/mol. The molecule has 0 saturated carbocycles. The van der Waals surface area contributed by atoms with Crippen molar-refractivity contribution in [1.82, 2.24) is 14.1 Å². The molecule has 8 rings (SSSR count). The van der Waals surface area contributed by atoms with Gasteiger partial charge in [0.15, 0.2) is 0 Å². The van der Waals surface area contributed by atoms with Gasteiger partial charge in [-0.05, 0) is 94.8 Å². The molecule has 8 aromatic rings. The molecule has 0 fully saturated rings. The fourth-order valence-electron chi connectivity index (χ4n) is 7.03. The van der Waals surface area contributed by atoms with Gasteiger partial charge >= 0.3 is 0 Å². The maximum absolute atomic E-state index is 5.35. The van der Waals surface area contributed by atoms with Crippen LogP contribution in [0, 0.1) is 0 Å². The Balaban J connectivity index is 1.43. The molecule has 0 saturated heterocycles. The van der Waals surface area contributed by atoms with E-state index < -0.39 is 0 Å². The lowest BCUT2D eigenvalue weighted by atomic mass is 9.88. The molecule has 0 aliphatic rings. The van der Waals surface area contributed by atoms with E-state index >= 15 is 0 Å². The first-order valence-electron chi connectivity index (χ1n) is 16.3. The zero-order chi connectivity index (χ0) is 31.4. The van der Waals surface area contributed by atoms with Gasteiger partial charge in [0, 0.05) is 22.0 Å². The zero-order valence-corrected chi connectivity index (χ0v) is 26.8. The second-order valence-corrected chi connectivity index (χ2v) is 12.9. The molecule has 224 valence electrons. The van der Waals surface area contributed by atoms with Gasteiger partial charge in [0.2, 0.25) is 0 Å². The lowest BCUT2D eigenvalue weighted by Gasteiger charge is -2.24. The summed E-state index contributed by atoms with van der Waals surface area (Å²) >= 11 is 0. The molecule has 0 spiro atoms. The van der Waals surface area contributed by atoms with Crippen molar-refractivity contribution in [2.45, 2.75) is 39.5 Å². The van der Waals surface area contributed by atoms with Gasteiger partial charge in [0.1, 0.15) is 5.82 Å². The Kier molecular flexibility index (Phi) is 6.83. The van der Waals surface area contributed by atoms with Crippen LogP contribution in [0.2, 0.25) is 0 Å². The van der Waals surface area contributed by atoms with Gasteiger partial charge in [-0.3, -0.25) is 4.57 Å². The summed E-state index contributed by atoms with van der Waals surface area (Å²) in [6.45, 7) is 9.23. The molecule has 0 aliphatic carbocycles. The van der Waals surface area contributed by atoms with Crippen molar-refractivity contribution in [3.8, 4) is 33.9 Å². The maximum atomic E-state index is 5.35. The van der Waals surface area contributed by atoms with Crippen LogP contribution >= 0.6 is 0 Å². The number of fused-ring (bicyclic) bond motifs is 4. The van der Waals surface area contributed by atoms with Gasteiger partial charge in [0.25, 0.3) is 0 Å². The molecule has 2 heterocycles. The van der Waals surface area contributed by atoms with Gasteiger partial charge in [-0.25, -0.2) is 4.98 Å². The van der Waals surface area contributed by atoms with Crippen LogP contribution in [0.15, 0.2) is 140 Å². The number of nitrogens with zero attached hydrogens (tertiary/aromatic N) is 3. The summed E-state index contributed by atoms with van der Waals surface area (Å²) < 4.78 is 4.81. The number of imidazole rings is 1. The summed E-state index contributed by atoms with van der Waals surface area (Å²) in [5.41, 5.74) is 13.2. The van der Waals surface area contributed by atoms with Gasteiger partial charge in [-0.15, -0.1) is 0 Å². The summed E-state index contributed by atoms with van der Waals surface area (Å²) in [5.74, 6) is 1.60. The molecule has 0 atom stereocenters. The molecule has 0 radical (unpaired) electrons. The van der Waals surface area contributed by atoms with Crippen LogP contribution in [0.25, 0.3) is 66.7 Å². The highest BCUT2D eigenvalue weighted by Gasteiger charge is 2.24. The summed E-state index contributed by atoms with van der Waals surface area (Å²) in [7, 11) is 0. The third-order valence-corrected chi connectivity index (χ3v) is 9.25. The Morgan fingerprint density at radius 3 is 1.74 bits per heavy atom. The highest BCUT2D eigenvalue weighted by molar-refractivity contribution is 6.10. The molecule has 2 aromatic heterocycles. The second-order valence-electron chi connectivity index (χ2n) is 12.9. The Morgan fingerprint density at radius 1 is 0.457 bits per heavy atom. The van der Waals surface area contributed by atoms with Crippen molar-refractivity contribution < 1.29 is 0 Å². The molecule has 0 amide bonds. The fourth-order valence-corrected chi connectivity index (χ4v) is 7.03. The third kappa shape index (κ3) is 4.54. The number of benzene rings is 6. The van der Waals surface area contributed by atoms with Gasteiger partial charge in [-0.2, -0.15) is 0 Å². The lowest BCUT2D eigenvalue weighted by Crippen LogP contribution is -2.09. The normalized spacial score (nSPS) is 11.9. The van der Waals surface area contributed by atoms with Crippen LogP contribution in [-0.4, -0.2) is 14.1 Å². The zero-order valence-electron chi connectivity index (χ0n) is 26.8. The maximum Gasteiger partial charge on any atom is 0.145 e. The minimum atomic E-state index is 0.316. The monoisotopic (exact) mass is 595 g/mol. The second kappa shape index (κ2) is 11.2. The number of hydrogen-bond donors (Lipinski definition) is 0. The molecule has 3 nitrogen and oxygen atoms in total. The van der Waals surface area contributed by atoms with Crippen LogP contribution in [0.1, 0.15) is 50.7 Å². The van der Waals surface area contributed by atoms with Gasteiger partial charge < -0.3 is 4.57 Å². The minimum absolute atomic E-state index is 0.316. The van der Waals surface area contributed by atoms with E-state index in [2.05, 4.69) is 176 Å². The average Bonchev–Trinajstić information content (AvgIpc) is 3.64. The molecule has 6 aromatic carbocycles. The number of para-hydroxylation sites is 4. The fraction of sp³-hybridized carbons (Fsp3) is 0.140. The van der Waals surface area contributed by atoms with Crippen molar-refractivity contribution in [3.05, 3.63) is 151 Å². The smallest absolute Gasteiger partial charge is 0.145 e. The topological polar surface area (TPSA) is 22.8 Å². The molecule has 0 unspecified atom stereocenters. The first kappa shape index (κ1) is 28.1. The van der Waals surface area contributed by atoms with Crippen LogP contribution in [0.3, 0.4) is 0 Å². The summed E-state index contributed by atoms with van der Waals surface area (Å²) in [4.78, 5) is 5.35. The standard InChI is InChI=1S/C43H37N3/c1-28(2)35-26-32(30-15-7-5-8-16-30)27-36(29(3)4)42(35)46-41-22-14-12-20-38(41)44-43(46)31-23-24-40-37(25-31)34-19-11-13-21-39(34)45(40)33-17-9-6-10-18-33/h5-29H,1-4H3. The van der Waals surface area contributed by atoms with Crippen molar-refractivity contribution in [2.24, 2.45) is 0 Å². The summed E-state index contributed by atoms with van der Waals surface area (Å²) in [6, 6.07) is 50.3. The SMILES string of the molecule is CC(C)c1cc(-c2ccccc2)cc(C(C)C)c1-n1c(-c2ccc3c(c2)c2ccccc2n3-c2ccccc2)nc2ccccc21. The number of rotatable bonds is 6. The Morgan fingerprint density at radius 2 is 1.04 bits per heavy atom. The van der Waals surface area contributed by atoms with Crippen molar-refractivity contribution in [1.29, 1.82) is 0 Å². The molecule has 46 heavy (non-hydrogen) atoms. The Bertz CT molecular complexity index is 2330. The Labute approximate surface area is 270 Å². The lowest BCUT2D eigenvalue weighted by molar-refractivity contribution is 0.811. The molecule has 0 N–H and O–H groups in total. The summed E-state index contributed by atoms with van der Waals surface area (Å²) in [6.07, 6.45) is 0. The molecular weight excluding hydrogens is 558 g/mol. The van der Waals surface area contributed by atoms with Crippen molar-refractivity contribution in [2.75, 3.05) is 0 Å². The van der Waals surface area contributed by atoms with E-state index in [1.54, 1.807) is 0 Å². The summed E-state index contributed by atoms with van der Waals surface area (Å²) in [5, 5.41) is 2.46. The van der Waals surface area contributed by atoms with E-state index in [4.69, 9.17) is 4.98 Å². The highest BCUT2D eigenvalue weighted by Crippen LogP contribution is 2.41. The Hall–Kier alpha value is -5.41. The van der Waals surface area contributed by atoms with Gasteiger partial charge in [0.05, 0.1) is 27.8 Å². The quantitative estimate of drug-likeness (QED) is 0.187. The number of aromatic nitrogens is 3.